The minimum absolute atomic E-state index is 0.00398. The molecule has 140 valence electrons. The molecule has 26 heavy (non-hydrogen) atoms. The maximum Gasteiger partial charge on any atom is 0.407 e. The van der Waals surface area contributed by atoms with Crippen molar-refractivity contribution in [3.8, 4) is 11.8 Å². The first-order valence-electron chi connectivity index (χ1n) is 8.79. The van der Waals surface area contributed by atoms with Crippen molar-refractivity contribution in [1.82, 2.24) is 10.6 Å². The maximum atomic E-state index is 12.0. The zero-order chi connectivity index (χ0) is 19.2. The number of alkyl carbamates (subject to hydrolysis) is 1. The molecule has 6 heteroatoms. The number of hydrogen-bond donors (Lipinski definition) is 2. The predicted molar refractivity (Wildman–Crippen MR) is 102 cm³/mol. The zero-order valence-corrected chi connectivity index (χ0v) is 16.2. The van der Waals surface area contributed by atoms with Gasteiger partial charge < -0.3 is 15.4 Å². The Bertz CT molecular complexity index is 698. The average molecular weight is 377 g/mol. The van der Waals surface area contributed by atoms with Crippen LogP contribution in [0.25, 0.3) is 0 Å². The Labute approximate surface area is 159 Å². The number of carbonyl (C=O) groups excluding carboxylic acids is 2. The summed E-state index contributed by atoms with van der Waals surface area (Å²) in [6.07, 6.45) is 2.93. The third-order valence-corrected chi connectivity index (χ3v) is 4.15. The second kappa shape index (κ2) is 8.95. The van der Waals surface area contributed by atoms with E-state index in [-0.39, 0.29) is 18.0 Å². The van der Waals surface area contributed by atoms with E-state index in [1.807, 2.05) is 20.8 Å². The molecule has 0 radical (unpaired) electrons. The maximum absolute atomic E-state index is 12.0. The lowest BCUT2D eigenvalue weighted by atomic mass is 9.91. The third kappa shape index (κ3) is 7.37. The number of hydrogen-bond acceptors (Lipinski definition) is 3. The smallest absolute Gasteiger partial charge is 0.407 e. The van der Waals surface area contributed by atoms with Gasteiger partial charge in [-0.25, -0.2) is 4.79 Å². The van der Waals surface area contributed by atoms with E-state index in [2.05, 4.69) is 22.5 Å². The highest BCUT2D eigenvalue weighted by Crippen LogP contribution is 2.19. The molecule has 1 aromatic rings. The number of benzene rings is 1. The van der Waals surface area contributed by atoms with Crippen LogP contribution in [0.4, 0.5) is 4.79 Å². The summed E-state index contributed by atoms with van der Waals surface area (Å²) in [5.41, 5.74) is 0.210. The number of carbonyl (C=O) groups is 2. The Hall–Kier alpha value is -2.19. The number of ether oxygens (including phenoxy) is 1. The van der Waals surface area contributed by atoms with Gasteiger partial charge in [0, 0.05) is 28.6 Å². The van der Waals surface area contributed by atoms with Crippen LogP contribution in [0.1, 0.15) is 52.0 Å². The third-order valence-electron chi connectivity index (χ3n) is 3.89. The number of amides is 2. The summed E-state index contributed by atoms with van der Waals surface area (Å²) >= 11 is 5.82. The average Bonchev–Trinajstić information content (AvgIpc) is 2.53. The molecule has 2 amide bonds. The lowest BCUT2D eigenvalue weighted by molar-refractivity contribution is -0.116. The van der Waals surface area contributed by atoms with Crippen LogP contribution in [0.3, 0.4) is 0 Å². The largest absolute Gasteiger partial charge is 0.444 e. The Morgan fingerprint density at radius 1 is 1.12 bits per heavy atom. The molecule has 0 aliphatic heterocycles. The van der Waals surface area contributed by atoms with Gasteiger partial charge in [-0.15, -0.1) is 0 Å². The summed E-state index contributed by atoms with van der Waals surface area (Å²) in [5.74, 6) is 5.10. The molecule has 2 atom stereocenters. The van der Waals surface area contributed by atoms with Crippen LogP contribution in [0.2, 0.25) is 5.02 Å². The number of nitrogens with one attached hydrogen (secondary N) is 2. The molecule has 2 rings (SSSR count). The summed E-state index contributed by atoms with van der Waals surface area (Å²) in [5, 5.41) is 6.43. The molecular weight excluding hydrogens is 352 g/mol. The van der Waals surface area contributed by atoms with Gasteiger partial charge in [-0.2, -0.15) is 0 Å². The molecule has 1 aliphatic rings. The molecule has 1 fully saturated rings. The van der Waals surface area contributed by atoms with E-state index in [1.54, 1.807) is 24.3 Å². The van der Waals surface area contributed by atoms with Crippen molar-refractivity contribution in [3.63, 3.8) is 0 Å². The lowest BCUT2D eigenvalue weighted by Gasteiger charge is -2.30. The molecule has 2 unspecified atom stereocenters. The van der Waals surface area contributed by atoms with Crippen molar-refractivity contribution < 1.29 is 14.3 Å². The summed E-state index contributed by atoms with van der Waals surface area (Å²) < 4.78 is 5.28. The van der Waals surface area contributed by atoms with Crippen molar-refractivity contribution >= 4 is 23.6 Å². The second-order valence-corrected chi connectivity index (χ2v) is 7.87. The molecular formula is C20H25ClN2O3. The van der Waals surface area contributed by atoms with E-state index in [0.717, 1.165) is 24.8 Å². The molecule has 1 aromatic carbocycles. The Morgan fingerprint density at radius 3 is 2.35 bits per heavy atom. The van der Waals surface area contributed by atoms with Gasteiger partial charge >= 0.3 is 6.09 Å². The number of rotatable bonds is 2. The highest BCUT2D eigenvalue weighted by atomic mass is 35.5. The number of halogens is 1. The second-order valence-electron chi connectivity index (χ2n) is 7.44. The SMILES string of the molecule is CC(C)(C)OC(=O)NC1CCCC(NC(=O)C#Cc2ccc(Cl)cc2)C1. The molecule has 0 saturated heterocycles. The van der Waals surface area contributed by atoms with Crippen LogP contribution in [0, 0.1) is 11.8 Å². The molecule has 2 N–H and O–H groups in total. The topological polar surface area (TPSA) is 67.4 Å². The Kier molecular flexibility index (Phi) is 6.93. The van der Waals surface area contributed by atoms with E-state index in [4.69, 9.17) is 16.3 Å². The summed E-state index contributed by atoms with van der Waals surface area (Å²) in [6, 6.07) is 6.99. The lowest BCUT2D eigenvalue weighted by Crippen LogP contribution is -2.46. The van der Waals surface area contributed by atoms with Crippen molar-refractivity contribution in [1.29, 1.82) is 0 Å². The summed E-state index contributed by atoms with van der Waals surface area (Å²) in [7, 11) is 0. The van der Waals surface area contributed by atoms with Gasteiger partial charge in [-0.1, -0.05) is 17.5 Å². The van der Waals surface area contributed by atoms with Crippen LogP contribution in [0.15, 0.2) is 24.3 Å². The predicted octanol–water partition coefficient (Wildman–Crippen LogP) is 3.64. The zero-order valence-electron chi connectivity index (χ0n) is 15.4. The van der Waals surface area contributed by atoms with Crippen LogP contribution in [0.5, 0.6) is 0 Å². The highest BCUT2D eigenvalue weighted by molar-refractivity contribution is 6.30. The summed E-state index contributed by atoms with van der Waals surface area (Å²) in [6.45, 7) is 5.49. The van der Waals surface area contributed by atoms with Gasteiger partial charge in [0.2, 0.25) is 0 Å². The van der Waals surface area contributed by atoms with Crippen LogP contribution < -0.4 is 10.6 Å². The van der Waals surface area contributed by atoms with Crippen molar-refractivity contribution in [2.24, 2.45) is 0 Å². The first-order chi connectivity index (χ1) is 12.2. The molecule has 0 aromatic heterocycles. The van der Waals surface area contributed by atoms with Crippen LogP contribution >= 0.6 is 11.6 Å². The van der Waals surface area contributed by atoms with E-state index in [0.29, 0.717) is 11.4 Å². The van der Waals surface area contributed by atoms with E-state index in [1.165, 1.54) is 0 Å². The highest BCUT2D eigenvalue weighted by Gasteiger charge is 2.26. The van der Waals surface area contributed by atoms with Gasteiger partial charge in [-0.05, 0) is 70.7 Å². The van der Waals surface area contributed by atoms with Gasteiger partial charge in [0.25, 0.3) is 5.91 Å². The van der Waals surface area contributed by atoms with Gasteiger partial charge in [0.15, 0.2) is 0 Å². The van der Waals surface area contributed by atoms with E-state index in [9.17, 15) is 9.59 Å². The van der Waals surface area contributed by atoms with E-state index < -0.39 is 11.7 Å². The fourth-order valence-electron chi connectivity index (χ4n) is 2.81. The van der Waals surface area contributed by atoms with Gasteiger partial charge in [0.05, 0.1) is 0 Å². The molecule has 5 nitrogen and oxygen atoms in total. The van der Waals surface area contributed by atoms with Crippen molar-refractivity contribution in [2.75, 3.05) is 0 Å². The minimum atomic E-state index is -0.524. The van der Waals surface area contributed by atoms with Crippen molar-refractivity contribution in [2.45, 2.75) is 64.1 Å². The Balaban J connectivity index is 1.83. The standard InChI is InChI=1S/C20H25ClN2O3/c1-20(2,3)26-19(25)23-17-6-4-5-16(13-17)22-18(24)12-9-14-7-10-15(21)11-8-14/h7-8,10-11,16-17H,4-6,13H2,1-3H3,(H,22,24)(H,23,25). The van der Waals surface area contributed by atoms with Crippen molar-refractivity contribution in [3.05, 3.63) is 34.9 Å². The monoisotopic (exact) mass is 376 g/mol. The summed E-state index contributed by atoms with van der Waals surface area (Å²) in [4.78, 5) is 23.9. The molecule has 0 heterocycles. The first-order valence-corrected chi connectivity index (χ1v) is 9.17. The Morgan fingerprint density at radius 2 is 1.73 bits per heavy atom. The van der Waals surface area contributed by atoms with Crippen LogP contribution in [-0.4, -0.2) is 29.7 Å². The minimum Gasteiger partial charge on any atom is -0.444 e. The molecule has 1 aliphatic carbocycles. The fraction of sp³-hybridized carbons (Fsp3) is 0.500. The van der Waals surface area contributed by atoms with Crippen LogP contribution in [-0.2, 0) is 9.53 Å². The van der Waals surface area contributed by atoms with E-state index >= 15 is 0 Å². The molecule has 0 bridgehead atoms. The van der Waals surface area contributed by atoms with Gasteiger partial charge in [0.1, 0.15) is 5.60 Å². The quantitative estimate of drug-likeness (QED) is 0.774. The first kappa shape index (κ1) is 20.1. The normalized spacial score (nSPS) is 19.7. The van der Waals surface area contributed by atoms with Gasteiger partial charge in [-0.3, -0.25) is 4.79 Å². The molecule has 0 spiro atoms. The molecule has 1 saturated carbocycles. The fourth-order valence-corrected chi connectivity index (χ4v) is 2.94.